The van der Waals surface area contributed by atoms with Crippen molar-refractivity contribution in [3.8, 4) is 0 Å². The third kappa shape index (κ3) is 10.1. The fraction of sp³-hybridized carbons (Fsp3) is 0. The van der Waals surface area contributed by atoms with Crippen LogP contribution < -0.4 is 24.5 Å². The zero-order valence-electron chi connectivity index (χ0n) is 47.8. The van der Waals surface area contributed by atoms with Gasteiger partial charge in [0.05, 0.1) is 22.7 Å². The first-order chi connectivity index (χ1) is 43.2. The molecule has 15 aromatic carbocycles. The highest BCUT2D eigenvalue weighted by Crippen LogP contribution is 2.47. The van der Waals surface area contributed by atoms with Crippen LogP contribution in [0.4, 0.5) is 85.3 Å². The summed E-state index contributed by atoms with van der Waals surface area (Å²) in [6.45, 7) is 0. The fourth-order valence-electron chi connectivity index (χ4n) is 12.5. The summed E-state index contributed by atoms with van der Waals surface area (Å²) in [4.78, 5) is 11.8. The molecule has 15 rings (SSSR count). The molecule has 0 fully saturated rings. The van der Waals surface area contributed by atoms with Gasteiger partial charge in [0.25, 0.3) is 0 Å². The van der Waals surface area contributed by atoms with Crippen LogP contribution in [-0.4, -0.2) is 0 Å². The van der Waals surface area contributed by atoms with E-state index in [4.69, 9.17) is 0 Å². The van der Waals surface area contributed by atoms with E-state index in [2.05, 4.69) is 382 Å². The predicted octanol–water partition coefficient (Wildman–Crippen LogP) is 23.6. The maximum absolute atomic E-state index is 2.41. The molecule has 0 aromatic heterocycles. The number of hydrogen-bond donors (Lipinski definition) is 0. The third-order valence-corrected chi connectivity index (χ3v) is 16.5. The second-order valence-corrected chi connectivity index (χ2v) is 21.7. The smallest absolute Gasteiger partial charge is 0.0540 e. The van der Waals surface area contributed by atoms with E-state index in [9.17, 15) is 0 Å². The second kappa shape index (κ2) is 23.2. The van der Waals surface area contributed by atoms with E-state index in [-0.39, 0.29) is 0 Å². The zero-order chi connectivity index (χ0) is 57.9. The SMILES string of the molecule is c1ccc(N(c2ccc(N(c3ccccc3)c3ccc(N(c4cccc5ccccc45)c4cccc5ccccc45)cc3)cc2)c2ccc(N(c3ccccc3)c3ccc(N(c4cccc5ccccc45)c4cccc5ccccc45)cc3)cc2)cc1. The lowest BCUT2D eigenvalue weighted by atomic mass is 10.0. The van der Waals surface area contributed by atoms with Gasteiger partial charge in [0.1, 0.15) is 0 Å². The molecular weight excluding hydrogens is 1050 g/mol. The molecule has 0 spiro atoms. The largest absolute Gasteiger partial charge is 0.311 e. The van der Waals surface area contributed by atoms with Crippen LogP contribution in [0, 0.1) is 0 Å². The standard InChI is InChI=1S/C82H59N5/c1-4-30-64(31-5-1)83(67-44-48-69(49-45-67)84(65-32-6-2-7-33-65)71-52-56-73(57-53-71)86(79-40-18-26-60-22-10-14-36-75(60)79)80-41-19-27-61-23-11-15-37-76(61)80)68-46-50-70(51-47-68)85(66-34-8-3-9-35-66)72-54-58-74(59-55-72)87(81-42-20-28-62-24-12-16-38-77(62)81)82-43-21-29-63-25-13-17-39-78(63)82/h1-59H. The van der Waals surface area contributed by atoms with E-state index < -0.39 is 0 Å². The van der Waals surface area contributed by atoms with Crippen molar-refractivity contribution in [3.05, 3.63) is 358 Å². The highest BCUT2D eigenvalue weighted by molar-refractivity contribution is 6.07. The Labute approximate surface area is 508 Å². The monoisotopic (exact) mass is 1110 g/mol. The number of fused-ring (bicyclic) bond motifs is 4. The van der Waals surface area contributed by atoms with Crippen LogP contribution in [0.1, 0.15) is 0 Å². The molecule has 0 radical (unpaired) electrons. The van der Waals surface area contributed by atoms with Crippen molar-refractivity contribution >= 4 is 128 Å². The van der Waals surface area contributed by atoms with Crippen LogP contribution in [-0.2, 0) is 0 Å². The van der Waals surface area contributed by atoms with Gasteiger partial charge in [0.2, 0.25) is 0 Å². The van der Waals surface area contributed by atoms with E-state index in [1.807, 2.05) is 0 Å². The maximum atomic E-state index is 2.41. The van der Waals surface area contributed by atoms with Crippen molar-refractivity contribution in [1.29, 1.82) is 0 Å². The predicted molar refractivity (Wildman–Crippen MR) is 370 cm³/mol. The molecule has 0 atom stereocenters. The Hall–Kier alpha value is -11.7. The van der Waals surface area contributed by atoms with Gasteiger partial charge >= 0.3 is 0 Å². The highest BCUT2D eigenvalue weighted by atomic mass is 15.2. The molecule has 0 saturated heterocycles. The molecular formula is C82H59N5. The average Bonchev–Trinajstić information content (AvgIpc) is 2.32. The first-order valence-corrected chi connectivity index (χ1v) is 29.7. The van der Waals surface area contributed by atoms with Gasteiger partial charge in [0, 0.05) is 84.1 Å². The summed E-state index contributed by atoms with van der Waals surface area (Å²) in [7, 11) is 0. The first kappa shape index (κ1) is 52.2. The van der Waals surface area contributed by atoms with Gasteiger partial charge < -0.3 is 24.5 Å². The van der Waals surface area contributed by atoms with Crippen molar-refractivity contribution in [2.24, 2.45) is 0 Å². The molecule has 0 aliphatic heterocycles. The van der Waals surface area contributed by atoms with Gasteiger partial charge in [0.15, 0.2) is 0 Å². The molecule has 5 heteroatoms. The average molecular weight is 1110 g/mol. The lowest BCUT2D eigenvalue weighted by molar-refractivity contribution is 1.24. The summed E-state index contributed by atoms with van der Waals surface area (Å²) in [5.74, 6) is 0. The minimum atomic E-state index is 1.04. The normalized spacial score (nSPS) is 11.2. The minimum Gasteiger partial charge on any atom is -0.311 e. The van der Waals surface area contributed by atoms with Crippen molar-refractivity contribution < 1.29 is 0 Å². The minimum absolute atomic E-state index is 1.04. The van der Waals surface area contributed by atoms with Crippen LogP contribution in [0.5, 0.6) is 0 Å². The summed E-state index contributed by atoms with van der Waals surface area (Å²) in [5.41, 5.74) is 16.1. The molecule has 412 valence electrons. The van der Waals surface area contributed by atoms with Gasteiger partial charge in [-0.15, -0.1) is 0 Å². The first-order valence-electron chi connectivity index (χ1n) is 29.7. The van der Waals surface area contributed by atoms with Crippen molar-refractivity contribution in [2.45, 2.75) is 0 Å². The highest BCUT2D eigenvalue weighted by Gasteiger charge is 2.23. The van der Waals surface area contributed by atoms with Gasteiger partial charge in [-0.1, -0.05) is 200 Å². The van der Waals surface area contributed by atoms with Gasteiger partial charge in [-0.05, 0) is 179 Å². The molecule has 15 aromatic rings. The molecule has 0 aliphatic rings. The Balaban J connectivity index is 0.770. The lowest BCUT2D eigenvalue weighted by Crippen LogP contribution is -2.14. The zero-order valence-corrected chi connectivity index (χ0v) is 47.8. The fourth-order valence-corrected chi connectivity index (χ4v) is 12.5. The molecule has 0 saturated carbocycles. The molecule has 0 N–H and O–H groups in total. The summed E-state index contributed by atoms with van der Waals surface area (Å²) < 4.78 is 0. The number of anilines is 15. The summed E-state index contributed by atoms with van der Waals surface area (Å²) in [6.07, 6.45) is 0. The Bertz CT molecular complexity index is 4390. The molecule has 5 nitrogen and oxygen atoms in total. The number of para-hydroxylation sites is 3. The van der Waals surface area contributed by atoms with E-state index in [1.165, 1.54) is 43.1 Å². The maximum Gasteiger partial charge on any atom is 0.0540 e. The topological polar surface area (TPSA) is 16.2 Å². The molecule has 0 unspecified atom stereocenters. The van der Waals surface area contributed by atoms with Crippen molar-refractivity contribution in [1.82, 2.24) is 0 Å². The van der Waals surface area contributed by atoms with E-state index in [1.54, 1.807) is 0 Å². The molecule has 0 amide bonds. The van der Waals surface area contributed by atoms with Crippen LogP contribution in [0.2, 0.25) is 0 Å². The Kier molecular flexibility index (Phi) is 13.9. The quantitative estimate of drug-likeness (QED) is 0.101. The molecule has 0 aliphatic carbocycles. The van der Waals surface area contributed by atoms with Gasteiger partial charge in [-0.3, -0.25) is 0 Å². The Morgan fingerprint density at radius 1 is 0.115 bits per heavy atom. The van der Waals surface area contributed by atoms with Crippen molar-refractivity contribution in [3.63, 3.8) is 0 Å². The summed E-state index contributed by atoms with van der Waals surface area (Å²) in [6, 6.07) is 129. The number of rotatable bonds is 15. The van der Waals surface area contributed by atoms with Crippen LogP contribution in [0.15, 0.2) is 358 Å². The lowest BCUT2D eigenvalue weighted by Gasteiger charge is -2.31. The molecule has 0 bridgehead atoms. The number of hydrogen-bond acceptors (Lipinski definition) is 5. The van der Waals surface area contributed by atoms with E-state index in [0.717, 1.165) is 85.3 Å². The third-order valence-electron chi connectivity index (χ3n) is 16.5. The molecule has 0 heterocycles. The van der Waals surface area contributed by atoms with Crippen LogP contribution in [0.25, 0.3) is 43.1 Å². The van der Waals surface area contributed by atoms with E-state index >= 15 is 0 Å². The molecule has 87 heavy (non-hydrogen) atoms. The Morgan fingerprint density at radius 3 is 0.494 bits per heavy atom. The number of benzene rings is 15. The van der Waals surface area contributed by atoms with Gasteiger partial charge in [-0.2, -0.15) is 0 Å². The Morgan fingerprint density at radius 2 is 0.276 bits per heavy atom. The van der Waals surface area contributed by atoms with Crippen LogP contribution >= 0.6 is 0 Å². The van der Waals surface area contributed by atoms with Crippen molar-refractivity contribution in [2.75, 3.05) is 24.5 Å². The van der Waals surface area contributed by atoms with Crippen LogP contribution in [0.3, 0.4) is 0 Å². The summed E-state index contributed by atoms with van der Waals surface area (Å²) >= 11 is 0. The van der Waals surface area contributed by atoms with Gasteiger partial charge in [-0.25, -0.2) is 0 Å². The number of nitrogens with zero attached hydrogens (tertiary/aromatic N) is 5. The summed E-state index contributed by atoms with van der Waals surface area (Å²) in [5, 5.41) is 9.56. The second-order valence-electron chi connectivity index (χ2n) is 21.7. The van der Waals surface area contributed by atoms with E-state index in [0.29, 0.717) is 0 Å².